The van der Waals surface area contributed by atoms with Gasteiger partial charge in [-0.2, -0.15) is 0 Å². The third-order valence-electron chi connectivity index (χ3n) is 3.09. The van der Waals surface area contributed by atoms with Crippen LogP contribution in [0.5, 0.6) is 0 Å². The molecule has 6 heteroatoms. The molecule has 0 saturated carbocycles. The Morgan fingerprint density at radius 1 is 1.13 bits per heavy atom. The summed E-state index contributed by atoms with van der Waals surface area (Å²) in [5.74, 6) is -0.360. The van der Waals surface area contributed by atoms with Gasteiger partial charge in [0.05, 0.1) is 13.2 Å². The van der Waals surface area contributed by atoms with Gasteiger partial charge in [-0.1, -0.05) is 6.58 Å². The van der Waals surface area contributed by atoms with E-state index in [0.717, 1.165) is 19.3 Å². The monoisotopic (exact) mass is 329 g/mol. The van der Waals surface area contributed by atoms with E-state index < -0.39 is 11.7 Å². The first kappa shape index (κ1) is 21.4. The Hall–Kier alpha value is -1.56. The summed E-state index contributed by atoms with van der Waals surface area (Å²) in [5.41, 5.74) is -0.142. The number of carbonyl (C=O) groups excluding carboxylic acids is 2. The first-order valence-electron chi connectivity index (χ1n) is 8.15. The van der Waals surface area contributed by atoms with Gasteiger partial charge in [0.2, 0.25) is 0 Å². The van der Waals surface area contributed by atoms with Crippen LogP contribution in [-0.2, 0) is 19.0 Å². The number of hydrogen-bond acceptors (Lipinski definition) is 5. The predicted octanol–water partition coefficient (Wildman–Crippen LogP) is 3.21. The highest BCUT2D eigenvalue weighted by Gasteiger charge is 2.22. The zero-order valence-electron chi connectivity index (χ0n) is 14.9. The van der Waals surface area contributed by atoms with E-state index in [4.69, 9.17) is 14.2 Å². The number of alkyl carbamates (subject to hydrolysis) is 1. The third kappa shape index (κ3) is 12.6. The zero-order valence-corrected chi connectivity index (χ0v) is 14.9. The molecule has 0 rings (SSSR count). The lowest BCUT2D eigenvalue weighted by molar-refractivity contribution is -0.139. The lowest BCUT2D eigenvalue weighted by Gasteiger charge is -2.25. The van der Waals surface area contributed by atoms with Crippen LogP contribution >= 0.6 is 0 Å². The van der Waals surface area contributed by atoms with Crippen LogP contribution in [0.4, 0.5) is 4.79 Å². The summed E-state index contributed by atoms with van der Waals surface area (Å²) < 4.78 is 15.6. The molecule has 134 valence electrons. The molecule has 23 heavy (non-hydrogen) atoms. The number of amides is 1. The van der Waals surface area contributed by atoms with E-state index >= 15 is 0 Å². The first-order chi connectivity index (χ1) is 10.8. The Kier molecular flexibility index (Phi) is 11.1. The number of unbranched alkanes of at least 4 members (excludes halogenated alkanes) is 2. The topological polar surface area (TPSA) is 73.9 Å². The summed E-state index contributed by atoms with van der Waals surface area (Å²) in [4.78, 5) is 22.8. The van der Waals surface area contributed by atoms with Crippen LogP contribution in [0.1, 0.15) is 53.4 Å². The summed E-state index contributed by atoms with van der Waals surface area (Å²) in [5, 5.41) is 2.72. The minimum absolute atomic E-state index is 0.360. The second kappa shape index (κ2) is 11.9. The van der Waals surface area contributed by atoms with E-state index in [-0.39, 0.29) is 5.97 Å². The highest BCUT2D eigenvalue weighted by atomic mass is 16.6. The van der Waals surface area contributed by atoms with Crippen molar-refractivity contribution in [1.29, 1.82) is 0 Å². The maximum absolute atomic E-state index is 11.7. The van der Waals surface area contributed by atoms with Crippen LogP contribution < -0.4 is 5.32 Å². The van der Waals surface area contributed by atoms with Gasteiger partial charge in [-0.05, 0) is 47.0 Å². The molecule has 0 aromatic heterocycles. The zero-order chi connectivity index (χ0) is 17.7. The van der Waals surface area contributed by atoms with Crippen molar-refractivity contribution >= 4 is 12.1 Å². The Balaban J connectivity index is 3.63. The number of carbonyl (C=O) groups is 2. The SMILES string of the molecule is C=C(C)C(=O)OCCCCCNC(=O)OC(C)(C)CCOCC. The van der Waals surface area contributed by atoms with Gasteiger partial charge in [0.25, 0.3) is 0 Å². The van der Waals surface area contributed by atoms with Gasteiger partial charge >= 0.3 is 12.1 Å². The van der Waals surface area contributed by atoms with E-state index in [1.807, 2.05) is 20.8 Å². The average Bonchev–Trinajstić information content (AvgIpc) is 2.45. The van der Waals surface area contributed by atoms with Crippen molar-refractivity contribution in [3.63, 3.8) is 0 Å². The average molecular weight is 329 g/mol. The van der Waals surface area contributed by atoms with Gasteiger partial charge in [0, 0.05) is 25.1 Å². The lowest BCUT2D eigenvalue weighted by Crippen LogP contribution is -2.36. The molecule has 6 nitrogen and oxygen atoms in total. The predicted molar refractivity (Wildman–Crippen MR) is 89.3 cm³/mol. The molecule has 0 aromatic carbocycles. The molecule has 0 aliphatic carbocycles. The number of ether oxygens (including phenoxy) is 3. The minimum Gasteiger partial charge on any atom is -0.462 e. The largest absolute Gasteiger partial charge is 0.462 e. The van der Waals surface area contributed by atoms with Crippen molar-refractivity contribution in [3.8, 4) is 0 Å². The second-order valence-corrected chi connectivity index (χ2v) is 6.00. The summed E-state index contributed by atoms with van der Waals surface area (Å²) in [7, 11) is 0. The summed E-state index contributed by atoms with van der Waals surface area (Å²) in [6.45, 7) is 12.9. The van der Waals surface area contributed by atoms with Crippen LogP contribution in [0.2, 0.25) is 0 Å². The molecule has 0 radical (unpaired) electrons. The molecule has 0 aliphatic rings. The van der Waals surface area contributed by atoms with E-state index in [2.05, 4.69) is 11.9 Å². The van der Waals surface area contributed by atoms with Gasteiger partial charge in [-0.25, -0.2) is 9.59 Å². The van der Waals surface area contributed by atoms with Crippen molar-refractivity contribution < 1.29 is 23.8 Å². The highest BCUT2D eigenvalue weighted by molar-refractivity contribution is 5.86. The molecule has 0 aromatic rings. The molecule has 0 heterocycles. The molecule has 0 bridgehead atoms. The summed E-state index contributed by atoms with van der Waals surface area (Å²) in [6.07, 6.45) is 2.66. The van der Waals surface area contributed by atoms with E-state index in [1.165, 1.54) is 0 Å². The fraction of sp³-hybridized carbons (Fsp3) is 0.765. The van der Waals surface area contributed by atoms with Crippen molar-refractivity contribution in [2.24, 2.45) is 0 Å². The molecule has 1 amide bonds. The molecule has 0 fully saturated rings. The maximum atomic E-state index is 11.7. The Labute approximate surface area is 139 Å². The van der Waals surface area contributed by atoms with Gasteiger partial charge in [-0.3, -0.25) is 0 Å². The van der Waals surface area contributed by atoms with E-state index in [0.29, 0.717) is 38.4 Å². The van der Waals surface area contributed by atoms with Crippen LogP contribution in [0.15, 0.2) is 12.2 Å². The van der Waals surface area contributed by atoms with Crippen LogP contribution in [-0.4, -0.2) is 44.0 Å². The van der Waals surface area contributed by atoms with Crippen LogP contribution in [0.25, 0.3) is 0 Å². The molecule has 0 saturated heterocycles. The standard InChI is InChI=1S/C17H31NO5/c1-6-21-13-10-17(4,5)23-16(20)18-11-8-7-9-12-22-15(19)14(2)3/h2,6-13H2,1,3-5H3,(H,18,20). The Morgan fingerprint density at radius 2 is 1.83 bits per heavy atom. The molecule has 0 unspecified atom stereocenters. The normalized spacial score (nSPS) is 11.0. The second-order valence-electron chi connectivity index (χ2n) is 6.00. The Morgan fingerprint density at radius 3 is 2.43 bits per heavy atom. The number of nitrogens with one attached hydrogen (secondary N) is 1. The van der Waals surface area contributed by atoms with Gasteiger partial charge < -0.3 is 19.5 Å². The summed E-state index contributed by atoms with van der Waals surface area (Å²) in [6, 6.07) is 0. The van der Waals surface area contributed by atoms with Crippen molar-refractivity contribution in [3.05, 3.63) is 12.2 Å². The highest BCUT2D eigenvalue weighted by Crippen LogP contribution is 2.14. The van der Waals surface area contributed by atoms with Crippen LogP contribution in [0, 0.1) is 0 Å². The summed E-state index contributed by atoms with van der Waals surface area (Å²) >= 11 is 0. The molecule has 0 spiro atoms. The smallest absolute Gasteiger partial charge is 0.407 e. The molecule has 1 N–H and O–H groups in total. The van der Waals surface area contributed by atoms with Gasteiger partial charge in [-0.15, -0.1) is 0 Å². The van der Waals surface area contributed by atoms with Crippen molar-refractivity contribution in [2.45, 2.75) is 59.0 Å². The first-order valence-corrected chi connectivity index (χ1v) is 8.15. The van der Waals surface area contributed by atoms with Crippen molar-refractivity contribution in [1.82, 2.24) is 5.32 Å². The van der Waals surface area contributed by atoms with E-state index in [1.54, 1.807) is 6.92 Å². The maximum Gasteiger partial charge on any atom is 0.407 e. The number of rotatable bonds is 12. The van der Waals surface area contributed by atoms with Gasteiger partial charge in [0.15, 0.2) is 0 Å². The molecular weight excluding hydrogens is 298 g/mol. The third-order valence-corrected chi connectivity index (χ3v) is 3.09. The van der Waals surface area contributed by atoms with Crippen LogP contribution in [0.3, 0.4) is 0 Å². The lowest BCUT2D eigenvalue weighted by atomic mass is 10.1. The molecule has 0 atom stereocenters. The quantitative estimate of drug-likeness (QED) is 0.338. The molecular formula is C17H31NO5. The van der Waals surface area contributed by atoms with E-state index in [9.17, 15) is 9.59 Å². The van der Waals surface area contributed by atoms with Crippen molar-refractivity contribution in [2.75, 3.05) is 26.4 Å². The van der Waals surface area contributed by atoms with Gasteiger partial charge in [0.1, 0.15) is 5.60 Å². The number of esters is 1. The number of hydrogen-bond donors (Lipinski definition) is 1. The minimum atomic E-state index is -0.546. The molecule has 0 aliphatic heterocycles. The Bertz CT molecular complexity index is 379. The fourth-order valence-corrected chi connectivity index (χ4v) is 1.68. The fourth-order valence-electron chi connectivity index (χ4n) is 1.68.